The third kappa shape index (κ3) is 3.31. The molecule has 19 heavy (non-hydrogen) atoms. The summed E-state index contributed by atoms with van der Waals surface area (Å²) >= 11 is 5.70. The Hall–Kier alpha value is -1.45. The van der Waals surface area contributed by atoms with E-state index in [1.54, 1.807) is 30.3 Å². The molecule has 0 heterocycles. The van der Waals surface area contributed by atoms with Gasteiger partial charge in [-0.25, -0.2) is 8.78 Å². The summed E-state index contributed by atoms with van der Waals surface area (Å²) in [7, 11) is 0. The van der Waals surface area contributed by atoms with Crippen molar-refractivity contribution in [1.82, 2.24) is 0 Å². The zero-order chi connectivity index (χ0) is 13.8. The zero-order valence-electron chi connectivity index (χ0n) is 10.2. The highest BCUT2D eigenvalue weighted by Crippen LogP contribution is 2.25. The molecular weight excluding hydrogens is 268 g/mol. The number of halogens is 3. The van der Waals surface area contributed by atoms with Crippen molar-refractivity contribution in [2.75, 3.05) is 6.54 Å². The van der Waals surface area contributed by atoms with E-state index in [1.165, 1.54) is 12.1 Å². The quantitative estimate of drug-likeness (QED) is 0.904. The summed E-state index contributed by atoms with van der Waals surface area (Å²) in [5, 5.41) is 0.344. The summed E-state index contributed by atoms with van der Waals surface area (Å²) < 4.78 is 27.5. The van der Waals surface area contributed by atoms with Crippen molar-refractivity contribution >= 4 is 11.6 Å². The minimum absolute atomic E-state index is 0.253. The van der Waals surface area contributed by atoms with Gasteiger partial charge in [-0.15, -0.1) is 0 Å². The second kappa shape index (κ2) is 6.13. The van der Waals surface area contributed by atoms with Crippen LogP contribution in [0.5, 0.6) is 0 Å². The fourth-order valence-corrected chi connectivity index (χ4v) is 2.24. The molecule has 0 aliphatic heterocycles. The van der Waals surface area contributed by atoms with Crippen LogP contribution in [0.25, 0.3) is 0 Å². The Morgan fingerprint density at radius 3 is 2.42 bits per heavy atom. The van der Waals surface area contributed by atoms with E-state index < -0.39 is 0 Å². The van der Waals surface area contributed by atoms with E-state index in [0.29, 0.717) is 22.6 Å². The van der Waals surface area contributed by atoms with Gasteiger partial charge in [-0.3, -0.25) is 0 Å². The predicted molar refractivity (Wildman–Crippen MR) is 73.3 cm³/mol. The number of hydrogen-bond donors (Lipinski definition) is 1. The highest BCUT2D eigenvalue weighted by molar-refractivity contribution is 6.30. The van der Waals surface area contributed by atoms with Crippen molar-refractivity contribution in [3.63, 3.8) is 0 Å². The standard InChI is InChI=1S/C15H14ClF2N/c16-12-6-5-10(15(18)8-12)7-11(9-19)13-3-1-2-4-14(13)17/h1-6,8,11H,7,9,19H2. The van der Waals surface area contributed by atoms with Crippen LogP contribution in [0.2, 0.25) is 5.02 Å². The molecule has 0 radical (unpaired) electrons. The lowest BCUT2D eigenvalue weighted by molar-refractivity contribution is 0.559. The van der Waals surface area contributed by atoms with Gasteiger partial charge in [0, 0.05) is 10.9 Å². The molecule has 0 bridgehead atoms. The van der Waals surface area contributed by atoms with Crippen LogP contribution in [-0.4, -0.2) is 6.54 Å². The van der Waals surface area contributed by atoms with E-state index in [-0.39, 0.29) is 24.1 Å². The average Bonchev–Trinajstić information content (AvgIpc) is 2.39. The maximum Gasteiger partial charge on any atom is 0.127 e. The Bertz CT molecular complexity index is 572. The molecule has 0 fully saturated rings. The third-order valence-corrected chi connectivity index (χ3v) is 3.35. The first-order valence-corrected chi connectivity index (χ1v) is 6.38. The Balaban J connectivity index is 2.27. The first-order chi connectivity index (χ1) is 9.11. The van der Waals surface area contributed by atoms with Gasteiger partial charge in [0.15, 0.2) is 0 Å². The normalized spacial score (nSPS) is 12.4. The van der Waals surface area contributed by atoms with Crippen molar-refractivity contribution in [3.05, 3.63) is 70.2 Å². The molecule has 2 rings (SSSR count). The molecule has 1 atom stereocenters. The maximum atomic E-state index is 13.7. The Morgan fingerprint density at radius 1 is 1.05 bits per heavy atom. The van der Waals surface area contributed by atoms with E-state index in [0.717, 1.165) is 0 Å². The SMILES string of the molecule is NCC(Cc1ccc(Cl)cc1F)c1ccccc1F. The fourth-order valence-electron chi connectivity index (χ4n) is 2.08. The predicted octanol–water partition coefficient (Wildman–Crippen LogP) is 3.90. The minimum atomic E-state index is -0.387. The molecule has 0 saturated heterocycles. The van der Waals surface area contributed by atoms with Crippen LogP contribution in [0.1, 0.15) is 17.0 Å². The highest BCUT2D eigenvalue weighted by Gasteiger charge is 2.16. The van der Waals surface area contributed by atoms with Crippen molar-refractivity contribution in [1.29, 1.82) is 0 Å². The second-order valence-electron chi connectivity index (χ2n) is 4.39. The molecule has 0 aliphatic carbocycles. The topological polar surface area (TPSA) is 26.0 Å². The lowest BCUT2D eigenvalue weighted by Crippen LogP contribution is -2.17. The van der Waals surface area contributed by atoms with Crippen LogP contribution >= 0.6 is 11.6 Å². The Morgan fingerprint density at radius 2 is 1.79 bits per heavy atom. The van der Waals surface area contributed by atoms with Crippen molar-refractivity contribution in [2.45, 2.75) is 12.3 Å². The van der Waals surface area contributed by atoms with E-state index in [4.69, 9.17) is 17.3 Å². The second-order valence-corrected chi connectivity index (χ2v) is 4.83. The lowest BCUT2D eigenvalue weighted by atomic mass is 9.91. The number of rotatable bonds is 4. The molecule has 0 aliphatic rings. The maximum absolute atomic E-state index is 13.7. The lowest BCUT2D eigenvalue weighted by Gasteiger charge is -2.16. The summed E-state index contributed by atoms with van der Waals surface area (Å²) in [4.78, 5) is 0. The Labute approximate surface area is 116 Å². The van der Waals surface area contributed by atoms with Crippen LogP contribution in [0.3, 0.4) is 0 Å². The molecule has 100 valence electrons. The van der Waals surface area contributed by atoms with Crippen molar-refractivity contribution in [2.24, 2.45) is 5.73 Å². The number of hydrogen-bond acceptors (Lipinski definition) is 1. The van der Waals surface area contributed by atoms with Crippen LogP contribution in [0.4, 0.5) is 8.78 Å². The molecular formula is C15H14ClF2N. The van der Waals surface area contributed by atoms with E-state index in [1.807, 2.05) is 0 Å². The van der Waals surface area contributed by atoms with E-state index >= 15 is 0 Å². The van der Waals surface area contributed by atoms with Gasteiger partial charge in [0.1, 0.15) is 11.6 Å². The van der Waals surface area contributed by atoms with Gasteiger partial charge >= 0.3 is 0 Å². The monoisotopic (exact) mass is 281 g/mol. The summed E-state index contributed by atoms with van der Waals surface area (Å²) in [5.74, 6) is -0.952. The first-order valence-electron chi connectivity index (χ1n) is 6.00. The number of nitrogens with two attached hydrogens (primary N) is 1. The molecule has 2 N–H and O–H groups in total. The van der Waals surface area contributed by atoms with E-state index in [9.17, 15) is 8.78 Å². The molecule has 0 saturated carbocycles. The summed E-state index contributed by atoms with van der Waals surface area (Å²) in [5.41, 5.74) is 6.69. The summed E-state index contributed by atoms with van der Waals surface area (Å²) in [6, 6.07) is 10.9. The first kappa shape index (κ1) is 14.0. The zero-order valence-corrected chi connectivity index (χ0v) is 11.0. The van der Waals surface area contributed by atoms with Crippen LogP contribution in [-0.2, 0) is 6.42 Å². The Kier molecular flexibility index (Phi) is 4.51. The van der Waals surface area contributed by atoms with Gasteiger partial charge in [-0.2, -0.15) is 0 Å². The molecule has 0 amide bonds. The van der Waals surface area contributed by atoms with Gasteiger partial charge in [-0.1, -0.05) is 35.9 Å². The van der Waals surface area contributed by atoms with Gasteiger partial charge < -0.3 is 5.73 Å². The fraction of sp³-hybridized carbons (Fsp3) is 0.200. The molecule has 0 spiro atoms. The van der Waals surface area contributed by atoms with Crippen LogP contribution < -0.4 is 5.73 Å². The average molecular weight is 282 g/mol. The van der Waals surface area contributed by atoms with Gasteiger partial charge in [0.2, 0.25) is 0 Å². The van der Waals surface area contributed by atoms with Gasteiger partial charge in [0.05, 0.1) is 0 Å². The molecule has 1 unspecified atom stereocenters. The molecule has 2 aromatic rings. The number of benzene rings is 2. The third-order valence-electron chi connectivity index (χ3n) is 3.11. The smallest absolute Gasteiger partial charge is 0.127 e. The van der Waals surface area contributed by atoms with Crippen molar-refractivity contribution in [3.8, 4) is 0 Å². The van der Waals surface area contributed by atoms with Gasteiger partial charge in [-0.05, 0) is 42.3 Å². The molecule has 4 heteroatoms. The highest BCUT2D eigenvalue weighted by atomic mass is 35.5. The minimum Gasteiger partial charge on any atom is -0.330 e. The molecule has 0 aromatic heterocycles. The summed E-state index contributed by atoms with van der Waals surface area (Å²) in [6.07, 6.45) is 0.348. The van der Waals surface area contributed by atoms with Crippen LogP contribution in [0.15, 0.2) is 42.5 Å². The largest absolute Gasteiger partial charge is 0.330 e. The van der Waals surface area contributed by atoms with Crippen LogP contribution in [0, 0.1) is 11.6 Å². The van der Waals surface area contributed by atoms with Crippen molar-refractivity contribution < 1.29 is 8.78 Å². The van der Waals surface area contributed by atoms with Gasteiger partial charge in [0.25, 0.3) is 0 Å². The van der Waals surface area contributed by atoms with E-state index in [2.05, 4.69) is 0 Å². The summed E-state index contributed by atoms with van der Waals surface area (Å²) in [6.45, 7) is 0.253. The molecule has 2 aromatic carbocycles. The molecule has 1 nitrogen and oxygen atoms in total.